The summed E-state index contributed by atoms with van der Waals surface area (Å²) < 4.78 is 4.78. The van der Waals surface area contributed by atoms with Gasteiger partial charge in [-0.1, -0.05) is 59.6 Å². The van der Waals surface area contributed by atoms with Gasteiger partial charge in [-0.2, -0.15) is 0 Å². The van der Waals surface area contributed by atoms with E-state index >= 15 is 0 Å². The minimum Gasteiger partial charge on any atom is -0.256 e. The summed E-state index contributed by atoms with van der Waals surface area (Å²) in [7, 11) is -0.0243. The molecular formula is C17H21NS. The summed E-state index contributed by atoms with van der Waals surface area (Å²) in [5, 5.41) is 0. The second-order valence-electron chi connectivity index (χ2n) is 4.75. The molecule has 0 fully saturated rings. The molecule has 0 heterocycles. The van der Waals surface area contributed by atoms with Gasteiger partial charge >= 0.3 is 0 Å². The Labute approximate surface area is 118 Å². The highest BCUT2D eigenvalue weighted by Crippen LogP contribution is 2.11. The van der Waals surface area contributed by atoms with Crippen LogP contribution in [0.5, 0.6) is 0 Å². The van der Waals surface area contributed by atoms with Crippen molar-refractivity contribution in [1.82, 2.24) is 0 Å². The molecule has 0 aliphatic heterocycles. The minimum atomic E-state index is -0.0243. The highest BCUT2D eigenvalue weighted by Gasteiger charge is 1.96. The first-order chi connectivity index (χ1) is 9.19. The van der Waals surface area contributed by atoms with Crippen molar-refractivity contribution < 1.29 is 0 Å². The van der Waals surface area contributed by atoms with Crippen LogP contribution in [0.25, 0.3) is 0 Å². The first-order valence-corrected chi connectivity index (χ1v) is 8.26. The smallest absolute Gasteiger partial charge is 0.0712 e. The van der Waals surface area contributed by atoms with Crippen LogP contribution in [0.3, 0.4) is 0 Å². The number of rotatable bonds is 4. The summed E-state index contributed by atoms with van der Waals surface area (Å²) in [4.78, 5) is 1.32. The van der Waals surface area contributed by atoms with E-state index in [2.05, 4.69) is 68.6 Å². The van der Waals surface area contributed by atoms with E-state index in [9.17, 15) is 0 Å². The van der Waals surface area contributed by atoms with E-state index in [1.165, 1.54) is 21.6 Å². The van der Waals surface area contributed by atoms with Gasteiger partial charge in [0.15, 0.2) is 0 Å². The van der Waals surface area contributed by atoms with E-state index < -0.39 is 0 Å². The predicted octanol–water partition coefficient (Wildman–Crippen LogP) is 4.55. The zero-order valence-electron chi connectivity index (χ0n) is 11.9. The molecule has 19 heavy (non-hydrogen) atoms. The molecule has 1 atom stereocenters. The van der Waals surface area contributed by atoms with E-state index in [-0.39, 0.29) is 10.7 Å². The molecular weight excluding hydrogens is 250 g/mol. The summed E-state index contributed by atoms with van der Waals surface area (Å²) in [6, 6.07) is 17.5. The van der Waals surface area contributed by atoms with Crippen LogP contribution in [0, 0.1) is 6.92 Å². The summed E-state index contributed by atoms with van der Waals surface area (Å²) in [6.07, 6.45) is 3.28. The SMILES string of the molecule is CCc1ccc(CN=S(C)c2ccc(C)cc2)cc1. The van der Waals surface area contributed by atoms with Gasteiger partial charge in [0.2, 0.25) is 0 Å². The first-order valence-electron chi connectivity index (χ1n) is 6.67. The lowest BCUT2D eigenvalue weighted by atomic mass is 10.1. The molecule has 1 unspecified atom stereocenters. The van der Waals surface area contributed by atoms with E-state index in [0.717, 1.165) is 13.0 Å². The maximum absolute atomic E-state index is 4.78. The lowest BCUT2D eigenvalue weighted by molar-refractivity contribution is 1.07. The molecule has 0 amide bonds. The molecule has 100 valence electrons. The molecule has 0 saturated heterocycles. The number of aryl methyl sites for hydroxylation is 2. The molecule has 0 bridgehead atoms. The molecule has 2 rings (SSSR count). The van der Waals surface area contributed by atoms with Gasteiger partial charge in [0, 0.05) is 4.90 Å². The summed E-state index contributed by atoms with van der Waals surface area (Å²) in [6.45, 7) is 5.10. The average Bonchev–Trinajstić information content (AvgIpc) is 2.46. The molecule has 2 heteroatoms. The van der Waals surface area contributed by atoms with Gasteiger partial charge in [-0.25, -0.2) is 0 Å². The van der Waals surface area contributed by atoms with E-state index in [4.69, 9.17) is 4.36 Å². The van der Waals surface area contributed by atoms with Gasteiger partial charge in [-0.15, -0.1) is 0 Å². The van der Waals surface area contributed by atoms with Gasteiger partial charge in [0.25, 0.3) is 0 Å². The molecule has 0 aliphatic rings. The molecule has 1 nitrogen and oxygen atoms in total. The lowest BCUT2D eigenvalue weighted by Gasteiger charge is -2.04. The Bertz CT molecular complexity index is 553. The topological polar surface area (TPSA) is 12.4 Å². The van der Waals surface area contributed by atoms with E-state index in [0.29, 0.717) is 0 Å². The van der Waals surface area contributed by atoms with Crippen molar-refractivity contribution in [3.05, 3.63) is 65.2 Å². The highest BCUT2D eigenvalue weighted by atomic mass is 32.2. The third-order valence-corrected chi connectivity index (χ3v) is 4.70. The third-order valence-electron chi connectivity index (χ3n) is 3.23. The maximum Gasteiger partial charge on any atom is 0.0712 e. The predicted molar refractivity (Wildman–Crippen MR) is 84.7 cm³/mol. The molecule has 0 aromatic heterocycles. The lowest BCUT2D eigenvalue weighted by Crippen LogP contribution is -1.90. The minimum absolute atomic E-state index is 0.0243. The second kappa shape index (κ2) is 6.67. The van der Waals surface area contributed by atoms with Crippen LogP contribution in [0.4, 0.5) is 0 Å². The highest BCUT2D eigenvalue weighted by molar-refractivity contribution is 7.86. The fourth-order valence-electron chi connectivity index (χ4n) is 1.86. The zero-order chi connectivity index (χ0) is 13.7. The Morgan fingerprint density at radius 3 is 2.05 bits per heavy atom. The molecule has 0 spiro atoms. The van der Waals surface area contributed by atoms with Crippen molar-refractivity contribution in [2.75, 3.05) is 6.26 Å². The number of hydrogen-bond acceptors (Lipinski definition) is 1. The van der Waals surface area contributed by atoms with Gasteiger partial charge in [-0.05, 0) is 42.9 Å². The number of nitrogens with zero attached hydrogens (tertiary/aromatic N) is 1. The zero-order valence-corrected chi connectivity index (χ0v) is 12.7. The van der Waals surface area contributed by atoms with Gasteiger partial charge in [-0.3, -0.25) is 4.36 Å². The van der Waals surface area contributed by atoms with Crippen LogP contribution in [-0.2, 0) is 23.7 Å². The summed E-state index contributed by atoms with van der Waals surface area (Å²) >= 11 is 0. The Morgan fingerprint density at radius 1 is 0.895 bits per heavy atom. The van der Waals surface area contributed by atoms with Crippen molar-refractivity contribution in [3.8, 4) is 0 Å². The summed E-state index contributed by atoms with van der Waals surface area (Å²) in [5.74, 6) is 0. The Hall–Kier alpha value is -1.41. The van der Waals surface area contributed by atoms with Crippen molar-refractivity contribution in [1.29, 1.82) is 0 Å². The summed E-state index contributed by atoms with van der Waals surface area (Å²) in [5.41, 5.74) is 3.98. The molecule has 0 saturated carbocycles. The Morgan fingerprint density at radius 2 is 1.47 bits per heavy atom. The van der Waals surface area contributed by atoms with Crippen LogP contribution in [0.15, 0.2) is 57.8 Å². The second-order valence-corrected chi connectivity index (χ2v) is 6.43. The van der Waals surface area contributed by atoms with Crippen molar-refractivity contribution in [3.63, 3.8) is 0 Å². The van der Waals surface area contributed by atoms with Crippen LogP contribution >= 0.6 is 0 Å². The maximum atomic E-state index is 4.78. The fraction of sp³-hybridized carbons (Fsp3) is 0.294. The molecule has 0 N–H and O–H groups in total. The Balaban J connectivity index is 2.06. The molecule has 2 aromatic carbocycles. The van der Waals surface area contributed by atoms with Gasteiger partial charge in [0.05, 0.1) is 6.54 Å². The van der Waals surface area contributed by atoms with Crippen LogP contribution < -0.4 is 0 Å². The number of benzene rings is 2. The van der Waals surface area contributed by atoms with Crippen molar-refractivity contribution >= 4 is 10.7 Å². The monoisotopic (exact) mass is 271 g/mol. The van der Waals surface area contributed by atoms with Gasteiger partial charge < -0.3 is 0 Å². The fourth-order valence-corrected chi connectivity index (χ4v) is 2.88. The third kappa shape index (κ3) is 4.03. The largest absolute Gasteiger partial charge is 0.256 e. The van der Waals surface area contributed by atoms with Crippen molar-refractivity contribution in [2.24, 2.45) is 4.36 Å². The molecule has 2 aromatic rings. The standard InChI is InChI=1S/C17H21NS/c1-4-15-7-9-16(10-8-15)13-18-19(3)17-11-5-14(2)6-12-17/h5-12H,4,13H2,1-3H3. The normalized spacial score (nSPS) is 12.6. The number of hydrogen-bond donors (Lipinski definition) is 0. The first kappa shape index (κ1) is 14.0. The van der Waals surface area contributed by atoms with E-state index in [1.807, 2.05) is 0 Å². The van der Waals surface area contributed by atoms with Crippen molar-refractivity contribution in [2.45, 2.75) is 31.7 Å². The van der Waals surface area contributed by atoms with Crippen LogP contribution in [0.1, 0.15) is 23.6 Å². The molecule has 0 aliphatic carbocycles. The van der Waals surface area contributed by atoms with Crippen LogP contribution in [0.2, 0.25) is 0 Å². The average molecular weight is 271 g/mol. The quantitative estimate of drug-likeness (QED) is 0.773. The van der Waals surface area contributed by atoms with Crippen LogP contribution in [-0.4, -0.2) is 6.26 Å². The molecule has 0 radical (unpaired) electrons. The van der Waals surface area contributed by atoms with E-state index in [1.54, 1.807) is 0 Å². The van der Waals surface area contributed by atoms with Gasteiger partial charge in [0.1, 0.15) is 0 Å². The Kier molecular flexibility index (Phi) is 4.92.